The second-order valence-corrected chi connectivity index (χ2v) is 10.7. The number of halogens is 1. The number of carbonyl (C=O) groups excluding carboxylic acids is 2. The zero-order valence-corrected chi connectivity index (χ0v) is 22.3. The van der Waals surface area contributed by atoms with Gasteiger partial charge >= 0.3 is 0 Å². The Labute approximate surface area is 221 Å². The summed E-state index contributed by atoms with van der Waals surface area (Å²) in [5, 5.41) is 2.70. The van der Waals surface area contributed by atoms with Gasteiger partial charge in [0.05, 0.1) is 13.2 Å². The van der Waals surface area contributed by atoms with Gasteiger partial charge in [0.1, 0.15) is 24.7 Å². The molecule has 0 spiro atoms. The van der Waals surface area contributed by atoms with Crippen molar-refractivity contribution in [3.8, 4) is 11.5 Å². The van der Waals surface area contributed by atoms with Crippen LogP contribution in [0.15, 0.2) is 60.0 Å². The lowest BCUT2D eigenvalue weighted by Crippen LogP contribution is -2.48. The van der Waals surface area contributed by atoms with Gasteiger partial charge in [-0.05, 0) is 71.8 Å². The molecule has 8 heteroatoms. The van der Waals surface area contributed by atoms with E-state index in [9.17, 15) is 9.59 Å². The number of thiophene rings is 1. The number of amides is 2. The molecule has 0 saturated heterocycles. The van der Waals surface area contributed by atoms with Crippen molar-refractivity contribution in [1.82, 2.24) is 9.80 Å². The third-order valence-electron chi connectivity index (χ3n) is 6.15. The zero-order chi connectivity index (χ0) is 25.7. The second kappa shape index (κ2) is 11.8. The maximum Gasteiger partial charge on any atom is 0.254 e. The number of fused-ring (bicyclic) bond motifs is 1. The minimum atomic E-state index is -0.226. The summed E-state index contributed by atoms with van der Waals surface area (Å²) in [5.74, 6) is 1.24. The van der Waals surface area contributed by atoms with Gasteiger partial charge in [-0.2, -0.15) is 0 Å². The highest BCUT2D eigenvalue weighted by molar-refractivity contribution is 7.10. The van der Waals surface area contributed by atoms with Crippen LogP contribution in [0.3, 0.4) is 0 Å². The van der Waals surface area contributed by atoms with Crippen LogP contribution in [0.2, 0.25) is 5.02 Å². The highest BCUT2D eigenvalue weighted by atomic mass is 35.5. The summed E-state index contributed by atoms with van der Waals surface area (Å²) in [4.78, 5) is 31.9. The zero-order valence-electron chi connectivity index (χ0n) is 20.8. The van der Waals surface area contributed by atoms with Crippen LogP contribution in [0.5, 0.6) is 11.5 Å². The highest BCUT2D eigenvalue weighted by Gasteiger charge is 2.33. The van der Waals surface area contributed by atoms with Crippen molar-refractivity contribution in [2.24, 2.45) is 5.92 Å². The molecule has 2 amide bonds. The molecule has 190 valence electrons. The third-order valence-corrected chi connectivity index (χ3v) is 7.40. The minimum absolute atomic E-state index is 0.00510. The standard InChI is InChI=1S/C28H31ClN2O4S/c1-19(2)16-30(28(33)20-5-4-6-23(15-20)34-3)17-27(32)31-13-11-26-24(12-14-36-26)25(31)18-35-22-9-7-21(29)8-10-22/h4-10,12,14-15,19,25H,11,13,16-18H2,1-3H3/t25-/m1/s1. The van der Waals surface area contributed by atoms with E-state index >= 15 is 0 Å². The average Bonchev–Trinajstić information content (AvgIpc) is 3.36. The molecule has 36 heavy (non-hydrogen) atoms. The molecule has 0 bridgehead atoms. The first-order valence-corrected chi connectivity index (χ1v) is 13.3. The van der Waals surface area contributed by atoms with E-state index in [2.05, 4.69) is 11.4 Å². The quantitative estimate of drug-likeness (QED) is 0.358. The van der Waals surface area contributed by atoms with E-state index in [0.29, 0.717) is 41.8 Å². The normalized spacial score (nSPS) is 14.9. The van der Waals surface area contributed by atoms with Gasteiger partial charge in [0.25, 0.3) is 5.91 Å². The summed E-state index contributed by atoms with van der Waals surface area (Å²) in [7, 11) is 1.57. The molecule has 1 aromatic heterocycles. The topological polar surface area (TPSA) is 59.1 Å². The first-order valence-electron chi connectivity index (χ1n) is 12.0. The molecule has 3 aromatic rings. The Morgan fingerprint density at radius 1 is 1.14 bits per heavy atom. The van der Waals surface area contributed by atoms with Gasteiger partial charge in [0.15, 0.2) is 0 Å². The van der Waals surface area contributed by atoms with Crippen molar-refractivity contribution >= 4 is 34.8 Å². The molecule has 0 aliphatic carbocycles. The lowest BCUT2D eigenvalue weighted by Gasteiger charge is -2.37. The van der Waals surface area contributed by atoms with Crippen molar-refractivity contribution in [2.75, 3.05) is 33.4 Å². The summed E-state index contributed by atoms with van der Waals surface area (Å²) < 4.78 is 11.4. The van der Waals surface area contributed by atoms with Crippen LogP contribution in [0.25, 0.3) is 0 Å². The summed E-state index contributed by atoms with van der Waals surface area (Å²) in [6.45, 7) is 5.47. The van der Waals surface area contributed by atoms with Gasteiger partial charge in [-0.15, -0.1) is 11.3 Å². The SMILES string of the molecule is COc1cccc(C(=O)N(CC(=O)N2CCc3sccc3[C@H]2COc2ccc(Cl)cc2)CC(C)C)c1. The predicted octanol–water partition coefficient (Wildman–Crippen LogP) is 5.71. The smallest absolute Gasteiger partial charge is 0.254 e. The molecule has 1 aliphatic heterocycles. The van der Waals surface area contributed by atoms with Crippen molar-refractivity contribution < 1.29 is 19.1 Å². The van der Waals surface area contributed by atoms with Crippen molar-refractivity contribution in [3.05, 3.63) is 81.0 Å². The lowest BCUT2D eigenvalue weighted by atomic mass is 10.00. The Hall–Kier alpha value is -3.03. The number of carbonyl (C=O) groups is 2. The van der Waals surface area contributed by atoms with Gasteiger partial charge in [-0.1, -0.05) is 31.5 Å². The van der Waals surface area contributed by atoms with E-state index in [-0.39, 0.29) is 30.3 Å². The molecule has 2 heterocycles. The molecule has 0 radical (unpaired) electrons. The second-order valence-electron chi connectivity index (χ2n) is 9.23. The van der Waals surface area contributed by atoms with Crippen LogP contribution in [0, 0.1) is 5.92 Å². The number of hydrogen-bond donors (Lipinski definition) is 0. The van der Waals surface area contributed by atoms with E-state index in [0.717, 1.165) is 12.0 Å². The van der Waals surface area contributed by atoms with Gasteiger partial charge in [0, 0.05) is 28.6 Å². The molecule has 6 nitrogen and oxygen atoms in total. The number of methoxy groups -OCH3 is 1. The van der Waals surface area contributed by atoms with Crippen LogP contribution in [0.1, 0.15) is 40.7 Å². The number of nitrogens with zero attached hydrogens (tertiary/aromatic N) is 2. The average molecular weight is 527 g/mol. The maximum absolute atomic E-state index is 13.7. The summed E-state index contributed by atoms with van der Waals surface area (Å²) in [6, 6.07) is 16.1. The van der Waals surface area contributed by atoms with Crippen LogP contribution in [-0.2, 0) is 11.2 Å². The van der Waals surface area contributed by atoms with E-state index in [1.165, 1.54) is 4.88 Å². The van der Waals surface area contributed by atoms with Crippen LogP contribution in [-0.4, -0.2) is 55.0 Å². The van der Waals surface area contributed by atoms with Crippen molar-refractivity contribution in [1.29, 1.82) is 0 Å². The lowest BCUT2D eigenvalue weighted by molar-refractivity contribution is -0.135. The number of hydrogen-bond acceptors (Lipinski definition) is 5. The largest absolute Gasteiger partial charge is 0.497 e. The van der Waals surface area contributed by atoms with Crippen LogP contribution in [0.4, 0.5) is 0 Å². The molecule has 1 atom stereocenters. The van der Waals surface area contributed by atoms with Gasteiger partial charge in [-0.25, -0.2) is 0 Å². The van der Waals surface area contributed by atoms with Crippen molar-refractivity contribution in [2.45, 2.75) is 26.3 Å². The Bertz CT molecular complexity index is 1190. The Kier molecular flexibility index (Phi) is 8.54. The fourth-order valence-corrected chi connectivity index (χ4v) is 5.49. The van der Waals surface area contributed by atoms with Crippen LogP contribution < -0.4 is 9.47 Å². The molecule has 2 aromatic carbocycles. The van der Waals surface area contributed by atoms with E-state index in [1.54, 1.807) is 59.7 Å². The number of ether oxygens (including phenoxy) is 2. The van der Waals surface area contributed by atoms with Crippen LogP contribution >= 0.6 is 22.9 Å². The molecular weight excluding hydrogens is 496 g/mol. The minimum Gasteiger partial charge on any atom is -0.497 e. The Morgan fingerprint density at radius 3 is 2.64 bits per heavy atom. The summed E-state index contributed by atoms with van der Waals surface area (Å²) in [6.07, 6.45) is 0.796. The highest BCUT2D eigenvalue weighted by Crippen LogP contribution is 2.34. The van der Waals surface area contributed by atoms with E-state index in [4.69, 9.17) is 21.1 Å². The van der Waals surface area contributed by atoms with Crippen molar-refractivity contribution in [3.63, 3.8) is 0 Å². The fourth-order valence-electron chi connectivity index (χ4n) is 4.43. The van der Waals surface area contributed by atoms with Gasteiger partial charge < -0.3 is 19.3 Å². The number of benzene rings is 2. The first kappa shape index (κ1) is 26.0. The Balaban J connectivity index is 1.53. The Morgan fingerprint density at radius 2 is 1.92 bits per heavy atom. The van der Waals surface area contributed by atoms with Gasteiger partial charge in [-0.3, -0.25) is 9.59 Å². The molecular formula is C28H31ClN2O4S. The van der Waals surface area contributed by atoms with E-state index in [1.807, 2.05) is 30.9 Å². The van der Waals surface area contributed by atoms with E-state index < -0.39 is 0 Å². The van der Waals surface area contributed by atoms with Gasteiger partial charge in [0.2, 0.25) is 5.91 Å². The predicted molar refractivity (Wildman–Crippen MR) is 143 cm³/mol. The molecule has 0 unspecified atom stereocenters. The molecule has 0 fully saturated rings. The monoisotopic (exact) mass is 526 g/mol. The summed E-state index contributed by atoms with van der Waals surface area (Å²) >= 11 is 7.71. The molecule has 4 rings (SSSR count). The number of rotatable bonds is 9. The third kappa shape index (κ3) is 6.20. The maximum atomic E-state index is 13.7. The summed E-state index contributed by atoms with van der Waals surface area (Å²) in [5.41, 5.74) is 1.62. The fraction of sp³-hybridized carbons (Fsp3) is 0.357. The molecule has 1 aliphatic rings. The molecule has 0 N–H and O–H groups in total. The molecule has 0 saturated carbocycles. The first-order chi connectivity index (χ1) is 17.4.